The summed E-state index contributed by atoms with van der Waals surface area (Å²) in [6, 6.07) is 11.7. The maximum atomic E-state index is 6.24. The van der Waals surface area contributed by atoms with E-state index in [1.54, 1.807) is 64.0 Å². The van der Waals surface area contributed by atoms with Crippen LogP contribution in [0.2, 0.25) is 5.54 Å². The van der Waals surface area contributed by atoms with Crippen LogP contribution in [0.5, 0.6) is 51.7 Å². The summed E-state index contributed by atoms with van der Waals surface area (Å²) in [5.74, 6) is 5.19. The fraction of sp³-hybridized carbons (Fsp3) is 0.389. The lowest BCUT2D eigenvalue weighted by molar-refractivity contribution is 0.349. The minimum atomic E-state index is -3.54. The lowest BCUT2D eigenvalue weighted by atomic mass is 10.1. The first-order chi connectivity index (χ1) is 22.1. The average molecular weight is 651 g/mol. The molecule has 0 heterocycles. The van der Waals surface area contributed by atoms with Crippen molar-refractivity contribution >= 4 is 23.6 Å². The van der Waals surface area contributed by atoms with Crippen LogP contribution in [0.25, 0.3) is 0 Å². The van der Waals surface area contributed by atoms with Crippen molar-refractivity contribution in [3.63, 3.8) is 0 Å². The van der Waals surface area contributed by atoms with E-state index in [0.29, 0.717) is 51.7 Å². The molecule has 0 radical (unpaired) electrons. The molecule has 0 saturated heterocycles. The molecule has 0 N–H and O–H groups in total. The monoisotopic (exact) mass is 650 g/mol. The molecule has 46 heavy (non-hydrogen) atoms. The van der Waals surface area contributed by atoms with E-state index in [1.165, 1.54) is 22.3 Å². The van der Waals surface area contributed by atoms with Gasteiger partial charge in [0.1, 0.15) is 17.2 Å². The topological polar surface area (TPSA) is 83.1 Å². The van der Waals surface area contributed by atoms with E-state index >= 15 is 0 Å². The number of rotatable bonds is 13. The largest absolute Gasteiger partial charge is 0.497 e. The first-order valence-electron chi connectivity index (χ1n) is 14.8. The first kappa shape index (κ1) is 34.4. The highest BCUT2D eigenvalue weighted by molar-refractivity contribution is 7.14. The van der Waals surface area contributed by atoms with Crippen LogP contribution in [0.4, 0.5) is 0 Å². The number of benzene rings is 3. The highest BCUT2D eigenvalue weighted by atomic mass is 28.3. The Balaban J connectivity index is 2.46. The third kappa shape index (κ3) is 5.28. The van der Waals surface area contributed by atoms with Crippen LogP contribution in [-0.2, 0) is 0 Å². The van der Waals surface area contributed by atoms with Crippen LogP contribution < -0.4 is 58.2 Å². The molecule has 0 saturated carbocycles. The molecule has 0 fully saturated rings. The van der Waals surface area contributed by atoms with Gasteiger partial charge in [-0.2, -0.15) is 0 Å². The summed E-state index contributed by atoms with van der Waals surface area (Å²) in [5, 5.41) is 2.74. The molecule has 248 valence electrons. The van der Waals surface area contributed by atoms with Gasteiger partial charge in [0.25, 0.3) is 0 Å². The fourth-order valence-corrected chi connectivity index (χ4v) is 13.2. The summed E-state index contributed by atoms with van der Waals surface area (Å²) in [6.45, 7) is 8.76. The van der Waals surface area contributed by atoms with Crippen molar-refractivity contribution in [3.05, 3.63) is 58.7 Å². The lowest BCUT2D eigenvalue weighted by Crippen LogP contribution is -2.70. The normalized spacial score (nSPS) is 13.5. The molecule has 3 aromatic rings. The van der Waals surface area contributed by atoms with Gasteiger partial charge < -0.3 is 42.6 Å². The zero-order valence-electron chi connectivity index (χ0n) is 29.2. The SMILES string of the molecule is COc1cc(OC)c([Si](c2cc(OC)c(OC)cc2OC)(c2cc(OC)c(OC)cc2OC)C2C(C)=C(C)C(C)=C2C)cc1OC. The Labute approximate surface area is 273 Å². The van der Waals surface area contributed by atoms with Crippen molar-refractivity contribution in [1.29, 1.82) is 0 Å². The zero-order chi connectivity index (χ0) is 33.9. The Bertz CT molecular complexity index is 1500. The molecule has 0 aromatic heterocycles. The van der Waals surface area contributed by atoms with Crippen molar-refractivity contribution in [2.24, 2.45) is 0 Å². The maximum absolute atomic E-state index is 6.24. The van der Waals surface area contributed by atoms with E-state index in [9.17, 15) is 0 Å². The van der Waals surface area contributed by atoms with Gasteiger partial charge in [0, 0.05) is 23.7 Å². The van der Waals surface area contributed by atoms with Gasteiger partial charge in [-0.15, -0.1) is 0 Å². The Hall–Kier alpha value is -4.44. The lowest BCUT2D eigenvalue weighted by Gasteiger charge is -2.43. The van der Waals surface area contributed by atoms with Crippen LogP contribution in [0.15, 0.2) is 58.7 Å². The van der Waals surface area contributed by atoms with Crippen molar-refractivity contribution in [2.45, 2.75) is 33.2 Å². The zero-order valence-corrected chi connectivity index (χ0v) is 30.2. The van der Waals surface area contributed by atoms with Crippen molar-refractivity contribution in [3.8, 4) is 51.7 Å². The van der Waals surface area contributed by atoms with Gasteiger partial charge in [-0.05, 0) is 72.6 Å². The fourth-order valence-electron chi connectivity index (χ4n) is 6.91. The highest BCUT2D eigenvalue weighted by Crippen LogP contribution is 2.50. The third-order valence-electron chi connectivity index (χ3n) is 9.44. The first-order valence-corrected chi connectivity index (χ1v) is 16.9. The van der Waals surface area contributed by atoms with Crippen molar-refractivity contribution in [2.75, 3.05) is 64.0 Å². The molecule has 9 nitrogen and oxygen atoms in total. The van der Waals surface area contributed by atoms with E-state index in [-0.39, 0.29) is 5.54 Å². The third-order valence-corrected chi connectivity index (χ3v) is 14.9. The molecule has 0 atom stereocenters. The second-order valence-corrected chi connectivity index (χ2v) is 14.9. The van der Waals surface area contributed by atoms with Gasteiger partial charge in [-0.25, -0.2) is 0 Å². The Morgan fingerprint density at radius 3 is 0.783 bits per heavy atom. The van der Waals surface area contributed by atoms with E-state index < -0.39 is 8.07 Å². The van der Waals surface area contributed by atoms with Gasteiger partial charge in [-0.1, -0.05) is 11.1 Å². The predicted molar refractivity (Wildman–Crippen MR) is 183 cm³/mol. The Morgan fingerprint density at radius 2 is 0.565 bits per heavy atom. The van der Waals surface area contributed by atoms with Gasteiger partial charge >= 0.3 is 0 Å². The molecule has 0 aliphatic heterocycles. The van der Waals surface area contributed by atoms with Crippen LogP contribution in [-0.4, -0.2) is 72.1 Å². The smallest absolute Gasteiger partial charge is 0.173 e. The Kier molecular flexibility index (Phi) is 10.4. The number of allylic oxidation sites excluding steroid dienone is 4. The van der Waals surface area contributed by atoms with E-state index in [2.05, 4.69) is 27.7 Å². The molecule has 1 aliphatic carbocycles. The van der Waals surface area contributed by atoms with E-state index in [0.717, 1.165) is 15.6 Å². The van der Waals surface area contributed by atoms with E-state index in [1.807, 2.05) is 36.4 Å². The van der Waals surface area contributed by atoms with Gasteiger partial charge in [-0.3, -0.25) is 0 Å². The highest BCUT2D eigenvalue weighted by Gasteiger charge is 2.55. The van der Waals surface area contributed by atoms with Crippen LogP contribution in [0.3, 0.4) is 0 Å². The summed E-state index contributed by atoms with van der Waals surface area (Å²) >= 11 is 0. The molecule has 4 rings (SSSR count). The minimum Gasteiger partial charge on any atom is -0.497 e. The second-order valence-electron chi connectivity index (χ2n) is 11.1. The average Bonchev–Trinajstić information content (AvgIpc) is 3.29. The van der Waals surface area contributed by atoms with Gasteiger partial charge in [0.15, 0.2) is 42.6 Å². The molecule has 10 heteroatoms. The Morgan fingerprint density at radius 1 is 0.348 bits per heavy atom. The molecule has 1 aliphatic rings. The van der Waals surface area contributed by atoms with Crippen molar-refractivity contribution in [1.82, 2.24) is 0 Å². The molecule has 0 unspecified atom stereocenters. The summed E-state index contributed by atoms with van der Waals surface area (Å²) in [6.07, 6.45) is 0. The molecule has 0 amide bonds. The second kappa shape index (κ2) is 13.9. The van der Waals surface area contributed by atoms with Crippen LogP contribution >= 0.6 is 0 Å². The molecule has 3 aromatic carbocycles. The molecular weight excluding hydrogens is 604 g/mol. The molecular formula is C36H46O9Si. The maximum Gasteiger partial charge on any atom is 0.173 e. The van der Waals surface area contributed by atoms with Gasteiger partial charge in [0.2, 0.25) is 0 Å². The molecule has 0 bridgehead atoms. The number of ether oxygens (including phenoxy) is 9. The van der Waals surface area contributed by atoms with Crippen LogP contribution in [0.1, 0.15) is 27.7 Å². The number of hydrogen-bond donors (Lipinski definition) is 0. The summed E-state index contributed by atoms with van der Waals surface area (Å²) in [4.78, 5) is 0. The van der Waals surface area contributed by atoms with E-state index in [4.69, 9.17) is 42.6 Å². The standard InChI is InChI=1S/C36H46O9Si/c1-20-21(2)23(4)36(22(20)3)46(33-17-27(40-8)24(37-5)14-30(33)43-11,34-18-28(41-9)25(38-6)15-31(34)44-12)35-19-29(42-10)26(39-7)16-32(35)45-13/h14-19,36H,1-13H3. The quantitative estimate of drug-likeness (QED) is 0.181. The molecule has 0 spiro atoms. The summed E-state index contributed by atoms with van der Waals surface area (Å²) in [7, 11) is 11.2. The minimum absolute atomic E-state index is 0.126. The number of hydrogen-bond acceptors (Lipinski definition) is 9. The number of methoxy groups -OCH3 is 9. The summed E-state index contributed by atoms with van der Waals surface area (Å²) in [5.41, 5.74) is 4.80. The predicted octanol–water partition coefficient (Wildman–Crippen LogP) is 5.29. The van der Waals surface area contributed by atoms with Crippen LogP contribution in [0, 0.1) is 0 Å². The van der Waals surface area contributed by atoms with Gasteiger partial charge in [0.05, 0.1) is 64.0 Å². The summed E-state index contributed by atoms with van der Waals surface area (Å²) < 4.78 is 53.8. The van der Waals surface area contributed by atoms with Crippen molar-refractivity contribution < 1.29 is 42.6 Å².